The molecule has 1 aliphatic rings. The summed E-state index contributed by atoms with van der Waals surface area (Å²) in [6.45, 7) is -0.858. The first kappa shape index (κ1) is 21.5. The van der Waals surface area contributed by atoms with Crippen molar-refractivity contribution in [1.29, 1.82) is 5.26 Å². The monoisotopic (exact) mass is 417 g/mol. The van der Waals surface area contributed by atoms with Gasteiger partial charge in [-0.15, -0.1) is 0 Å². The number of hydrogen-bond donors (Lipinski definition) is 1. The number of nitrogens with zero attached hydrogens (tertiary/aromatic N) is 2. The Morgan fingerprint density at radius 1 is 1.20 bits per heavy atom. The van der Waals surface area contributed by atoms with Crippen molar-refractivity contribution in [3.05, 3.63) is 59.7 Å². The van der Waals surface area contributed by atoms with Gasteiger partial charge < -0.3 is 15.0 Å². The molecule has 1 atom stereocenters. The summed E-state index contributed by atoms with van der Waals surface area (Å²) in [5, 5.41) is 12.0. The largest absolute Gasteiger partial charge is 0.483 e. The Morgan fingerprint density at radius 2 is 1.97 bits per heavy atom. The van der Waals surface area contributed by atoms with Crippen LogP contribution in [0.15, 0.2) is 48.5 Å². The van der Waals surface area contributed by atoms with Crippen molar-refractivity contribution in [1.82, 2.24) is 4.90 Å². The van der Waals surface area contributed by atoms with Gasteiger partial charge in [0.05, 0.1) is 5.56 Å². The number of anilines is 1. The highest BCUT2D eigenvalue weighted by molar-refractivity contribution is 5.90. The van der Waals surface area contributed by atoms with E-state index in [1.807, 2.05) is 36.4 Å². The molecule has 5 nitrogen and oxygen atoms in total. The summed E-state index contributed by atoms with van der Waals surface area (Å²) >= 11 is 0. The van der Waals surface area contributed by atoms with E-state index in [0.29, 0.717) is 12.2 Å². The van der Waals surface area contributed by atoms with Gasteiger partial charge in [-0.1, -0.05) is 30.3 Å². The van der Waals surface area contributed by atoms with Crippen molar-refractivity contribution in [3.63, 3.8) is 0 Å². The quantitative estimate of drug-likeness (QED) is 0.734. The Morgan fingerprint density at radius 3 is 2.67 bits per heavy atom. The maximum absolute atomic E-state index is 12.9. The Kier molecular flexibility index (Phi) is 6.83. The third kappa shape index (κ3) is 5.89. The predicted molar refractivity (Wildman–Crippen MR) is 106 cm³/mol. The van der Waals surface area contributed by atoms with E-state index < -0.39 is 12.8 Å². The lowest BCUT2D eigenvalue weighted by atomic mass is 9.96. The second-order valence-corrected chi connectivity index (χ2v) is 7.19. The van der Waals surface area contributed by atoms with E-state index in [2.05, 4.69) is 10.1 Å². The maximum Gasteiger partial charge on any atom is 0.422 e. The van der Waals surface area contributed by atoms with Crippen molar-refractivity contribution in [3.8, 4) is 11.8 Å². The van der Waals surface area contributed by atoms with Crippen LogP contribution in [0.4, 0.5) is 23.7 Å². The van der Waals surface area contributed by atoms with E-state index in [4.69, 9.17) is 0 Å². The topological polar surface area (TPSA) is 65.4 Å². The van der Waals surface area contributed by atoms with Crippen LogP contribution in [0.5, 0.6) is 5.75 Å². The minimum atomic E-state index is -4.50. The van der Waals surface area contributed by atoms with Crippen molar-refractivity contribution in [2.45, 2.75) is 37.9 Å². The number of hydrogen-bond acceptors (Lipinski definition) is 3. The first-order chi connectivity index (χ1) is 14.4. The van der Waals surface area contributed by atoms with Crippen LogP contribution in [0.3, 0.4) is 0 Å². The van der Waals surface area contributed by atoms with Crippen molar-refractivity contribution >= 4 is 11.7 Å². The molecule has 2 amide bonds. The molecule has 0 bridgehead atoms. The number of piperidine rings is 1. The van der Waals surface area contributed by atoms with E-state index in [-0.39, 0.29) is 23.4 Å². The van der Waals surface area contributed by atoms with Gasteiger partial charge >= 0.3 is 12.2 Å². The Hall–Kier alpha value is -3.21. The molecular weight excluding hydrogens is 395 g/mol. The molecule has 1 saturated heterocycles. The molecule has 0 spiro atoms. The molecular formula is C22H22F3N3O2. The Labute approximate surface area is 173 Å². The van der Waals surface area contributed by atoms with Gasteiger partial charge in [0.15, 0.2) is 6.61 Å². The van der Waals surface area contributed by atoms with Crippen LogP contribution in [0.1, 0.15) is 30.4 Å². The zero-order valence-electron chi connectivity index (χ0n) is 16.3. The molecule has 0 aliphatic carbocycles. The fraction of sp³-hybridized carbons (Fsp3) is 0.364. The fourth-order valence-electron chi connectivity index (χ4n) is 3.54. The smallest absolute Gasteiger partial charge is 0.422 e. The van der Waals surface area contributed by atoms with Crippen LogP contribution < -0.4 is 10.1 Å². The molecule has 1 fully saturated rings. The molecule has 2 aromatic rings. The highest BCUT2D eigenvalue weighted by Crippen LogP contribution is 2.26. The summed E-state index contributed by atoms with van der Waals surface area (Å²) < 4.78 is 41.8. The average Bonchev–Trinajstić information content (AvgIpc) is 2.73. The first-order valence-electron chi connectivity index (χ1n) is 9.71. The number of nitriles is 1. The summed E-state index contributed by atoms with van der Waals surface area (Å²) in [7, 11) is 0. The molecule has 1 unspecified atom stereocenters. The summed E-state index contributed by atoms with van der Waals surface area (Å²) in [6, 6.07) is 15.5. The molecule has 30 heavy (non-hydrogen) atoms. The van der Waals surface area contributed by atoms with Gasteiger partial charge in [0.25, 0.3) is 0 Å². The summed E-state index contributed by atoms with van der Waals surface area (Å²) in [6.07, 6.45) is -0.892. The summed E-state index contributed by atoms with van der Waals surface area (Å²) in [4.78, 5) is 14.7. The number of ether oxygens (including phenoxy) is 1. The zero-order valence-corrected chi connectivity index (χ0v) is 16.3. The SMILES string of the molecule is N#Cc1cc(NC(=O)N2CCCCC2Cc2ccccc2)ccc1OCC(F)(F)F. The van der Waals surface area contributed by atoms with Gasteiger partial charge in [-0.3, -0.25) is 0 Å². The highest BCUT2D eigenvalue weighted by atomic mass is 19.4. The third-order valence-electron chi connectivity index (χ3n) is 4.94. The minimum Gasteiger partial charge on any atom is -0.483 e. The van der Waals surface area contributed by atoms with Crippen LogP contribution in [0.25, 0.3) is 0 Å². The van der Waals surface area contributed by atoms with Crippen LogP contribution in [-0.4, -0.2) is 36.3 Å². The number of rotatable bonds is 5. The van der Waals surface area contributed by atoms with E-state index in [1.54, 1.807) is 4.90 Å². The number of benzene rings is 2. The number of likely N-dealkylation sites (tertiary alicyclic amines) is 1. The molecule has 1 aliphatic heterocycles. The Balaban J connectivity index is 1.68. The number of nitrogens with one attached hydrogen (secondary N) is 1. The first-order valence-corrected chi connectivity index (χ1v) is 9.71. The summed E-state index contributed by atoms with van der Waals surface area (Å²) in [5.41, 5.74) is 1.41. The van der Waals surface area contributed by atoms with Crippen LogP contribution in [0.2, 0.25) is 0 Å². The van der Waals surface area contributed by atoms with Crippen LogP contribution >= 0.6 is 0 Å². The lowest BCUT2D eigenvalue weighted by Crippen LogP contribution is -2.46. The second kappa shape index (κ2) is 9.53. The van der Waals surface area contributed by atoms with E-state index in [0.717, 1.165) is 31.2 Å². The lowest BCUT2D eigenvalue weighted by molar-refractivity contribution is -0.153. The van der Waals surface area contributed by atoms with E-state index >= 15 is 0 Å². The molecule has 1 heterocycles. The number of urea groups is 1. The number of halogens is 3. The van der Waals surface area contributed by atoms with Crippen molar-refractivity contribution in [2.24, 2.45) is 0 Å². The van der Waals surface area contributed by atoms with Gasteiger partial charge in [-0.2, -0.15) is 18.4 Å². The van der Waals surface area contributed by atoms with Gasteiger partial charge in [-0.25, -0.2) is 4.79 Å². The predicted octanol–water partition coefficient (Wildman–Crippen LogP) is 5.13. The number of carbonyl (C=O) groups is 1. The molecule has 8 heteroatoms. The molecule has 0 aromatic heterocycles. The lowest BCUT2D eigenvalue weighted by Gasteiger charge is -2.36. The number of carbonyl (C=O) groups excluding carboxylic acids is 1. The minimum absolute atomic E-state index is 0.0611. The molecule has 3 rings (SSSR count). The van der Waals surface area contributed by atoms with Gasteiger partial charge in [0.1, 0.15) is 11.8 Å². The Bertz CT molecular complexity index is 910. The maximum atomic E-state index is 12.9. The van der Waals surface area contributed by atoms with Crippen LogP contribution in [-0.2, 0) is 6.42 Å². The van der Waals surface area contributed by atoms with Gasteiger partial charge in [0.2, 0.25) is 0 Å². The zero-order chi connectivity index (χ0) is 21.6. The normalized spacial score (nSPS) is 16.6. The van der Waals surface area contributed by atoms with Gasteiger partial charge in [-0.05, 0) is 49.4 Å². The highest BCUT2D eigenvalue weighted by Gasteiger charge is 2.29. The van der Waals surface area contributed by atoms with Crippen molar-refractivity contribution < 1.29 is 22.7 Å². The fourth-order valence-corrected chi connectivity index (χ4v) is 3.54. The number of alkyl halides is 3. The standard InChI is InChI=1S/C22H22F3N3O2/c23-22(24,25)15-30-20-10-9-18(13-17(20)14-26)27-21(29)28-11-5-4-8-19(28)12-16-6-2-1-3-7-16/h1-3,6-7,9-10,13,19H,4-5,8,11-12,15H2,(H,27,29). The molecule has 158 valence electrons. The second-order valence-electron chi connectivity index (χ2n) is 7.19. The third-order valence-corrected chi connectivity index (χ3v) is 4.94. The molecule has 0 saturated carbocycles. The molecule has 1 N–H and O–H groups in total. The van der Waals surface area contributed by atoms with Crippen molar-refractivity contribution in [2.75, 3.05) is 18.5 Å². The summed E-state index contributed by atoms with van der Waals surface area (Å²) in [5.74, 6) is -0.173. The van der Waals surface area contributed by atoms with Gasteiger partial charge in [0, 0.05) is 18.3 Å². The van der Waals surface area contributed by atoms with E-state index in [9.17, 15) is 23.2 Å². The molecule has 2 aromatic carbocycles. The average molecular weight is 417 g/mol. The molecule has 0 radical (unpaired) electrons. The van der Waals surface area contributed by atoms with E-state index in [1.165, 1.54) is 18.2 Å². The number of amides is 2. The van der Waals surface area contributed by atoms with Crippen LogP contribution in [0, 0.1) is 11.3 Å².